The first-order valence-corrected chi connectivity index (χ1v) is 20.1. The van der Waals surface area contributed by atoms with Crippen LogP contribution in [0.1, 0.15) is 60.1 Å². The number of rotatable bonds is 9. The molecule has 296 valence electrons. The first-order chi connectivity index (χ1) is 28.9. The van der Waals surface area contributed by atoms with Crippen LogP contribution in [0, 0.1) is 11.8 Å². The van der Waals surface area contributed by atoms with Crippen LogP contribution in [-0.2, 0) is 20.9 Å². The zero-order valence-corrected chi connectivity index (χ0v) is 32.2. The van der Waals surface area contributed by atoms with Gasteiger partial charge in [0.2, 0.25) is 17.7 Å². The topological polar surface area (TPSA) is 152 Å². The molecule has 1 atom stereocenters. The number of anilines is 1. The molecular formula is C46H41N7O6. The average molecular weight is 788 g/mol. The van der Waals surface area contributed by atoms with Crippen molar-refractivity contribution in [3.63, 3.8) is 0 Å². The summed E-state index contributed by atoms with van der Waals surface area (Å²) in [6.45, 7) is 2.34. The first kappa shape index (κ1) is 36.6. The minimum absolute atomic E-state index is 0.0471. The quantitative estimate of drug-likeness (QED) is 0.133. The van der Waals surface area contributed by atoms with Gasteiger partial charge in [0.15, 0.2) is 0 Å². The van der Waals surface area contributed by atoms with Crippen LogP contribution in [0.4, 0.5) is 5.69 Å². The van der Waals surface area contributed by atoms with Crippen molar-refractivity contribution < 1.29 is 28.6 Å². The molecule has 2 saturated heterocycles. The van der Waals surface area contributed by atoms with Crippen LogP contribution in [0.5, 0.6) is 11.6 Å². The van der Waals surface area contributed by atoms with Gasteiger partial charge in [0.05, 0.1) is 12.3 Å². The van der Waals surface area contributed by atoms with Gasteiger partial charge in [-0.3, -0.25) is 24.7 Å². The van der Waals surface area contributed by atoms with Gasteiger partial charge in [-0.2, -0.15) is 0 Å². The van der Waals surface area contributed by atoms with Crippen molar-refractivity contribution in [1.82, 2.24) is 30.2 Å². The third kappa shape index (κ3) is 7.55. The molecule has 3 aliphatic heterocycles. The molecule has 0 radical (unpaired) electrons. The van der Waals surface area contributed by atoms with E-state index in [9.17, 15) is 14.4 Å². The third-order valence-corrected chi connectivity index (χ3v) is 11.8. The van der Waals surface area contributed by atoms with E-state index < -0.39 is 11.9 Å². The predicted octanol–water partition coefficient (Wildman–Crippen LogP) is 5.96. The normalized spacial score (nSPS) is 20.5. The molecule has 3 fully saturated rings. The van der Waals surface area contributed by atoms with Crippen LogP contribution in [0.25, 0.3) is 32.9 Å². The number of benzene rings is 2. The predicted molar refractivity (Wildman–Crippen MR) is 220 cm³/mol. The van der Waals surface area contributed by atoms with E-state index in [1.54, 1.807) is 17.3 Å². The lowest BCUT2D eigenvalue weighted by molar-refractivity contribution is -0.136. The zero-order chi connectivity index (χ0) is 39.9. The second-order valence-electron chi connectivity index (χ2n) is 15.6. The van der Waals surface area contributed by atoms with Gasteiger partial charge in [-0.25, -0.2) is 9.97 Å². The fourth-order valence-electron chi connectivity index (χ4n) is 8.47. The molecule has 59 heavy (non-hydrogen) atoms. The Balaban J connectivity index is 0.639. The molecule has 1 aliphatic carbocycles. The van der Waals surface area contributed by atoms with Crippen molar-refractivity contribution in [1.29, 1.82) is 0 Å². The average Bonchev–Trinajstić information content (AvgIpc) is 3.79. The summed E-state index contributed by atoms with van der Waals surface area (Å²) in [5.74, 6) is 6.65. The van der Waals surface area contributed by atoms with E-state index in [1.807, 2.05) is 54.9 Å². The van der Waals surface area contributed by atoms with E-state index in [2.05, 4.69) is 66.3 Å². The summed E-state index contributed by atoms with van der Waals surface area (Å²) >= 11 is 0. The minimum atomic E-state index is -0.613. The first-order valence-electron chi connectivity index (χ1n) is 20.1. The van der Waals surface area contributed by atoms with Crippen molar-refractivity contribution in [2.24, 2.45) is 0 Å². The standard InChI is InChI=1S/C46H41N7O6/c54-43-11-10-42(45(55)51-43)53-27-30-20-32(6-9-37(30)46(53)56)52-17-14-33(15-18-52)57-19-1-2-31-5-7-34(25-48-31)58-35-22-36(23-35)59-44-12-4-29(24-49-44)28-3-8-38-39-26-47-16-13-40(39)50-41(38)21-28/h3-9,12-13,16,20-21,24-26,33,35-36,42,50H,10-11,14-15,17-19,22-23,27H2,(H,51,54,55)/t35-,36-,42?. The summed E-state index contributed by atoms with van der Waals surface area (Å²) in [7, 11) is 0. The molecule has 4 aromatic heterocycles. The van der Waals surface area contributed by atoms with Crippen LogP contribution < -0.4 is 19.7 Å². The summed E-state index contributed by atoms with van der Waals surface area (Å²) in [5, 5.41) is 4.63. The minimum Gasteiger partial charge on any atom is -0.489 e. The molecule has 0 bridgehead atoms. The molecule has 10 rings (SSSR count). The Morgan fingerprint density at radius 1 is 0.780 bits per heavy atom. The number of hydrogen-bond acceptors (Lipinski definition) is 10. The summed E-state index contributed by atoms with van der Waals surface area (Å²) in [6.07, 6.45) is 11.3. The van der Waals surface area contributed by atoms with Gasteiger partial charge in [0.1, 0.15) is 36.3 Å². The van der Waals surface area contributed by atoms with Crippen molar-refractivity contribution in [3.05, 3.63) is 108 Å². The number of carbonyl (C=O) groups excluding carboxylic acids is 3. The molecular weight excluding hydrogens is 747 g/mol. The SMILES string of the molecule is O=C1CCC(N2Cc3cc(N4CCC(OCC#Cc5ccc(O[C@H]6C[C@H](Oc7ccc(-c8ccc9c(c8)[nH]c8ccncc89)cn7)C6)cn5)CC4)ccc3C2=O)C(=O)N1. The Bertz CT molecular complexity index is 2640. The number of amides is 3. The second-order valence-corrected chi connectivity index (χ2v) is 15.6. The fraction of sp³-hybridized carbons (Fsp3) is 0.304. The number of nitrogens with one attached hydrogen (secondary N) is 2. The van der Waals surface area contributed by atoms with E-state index in [4.69, 9.17) is 14.2 Å². The highest BCUT2D eigenvalue weighted by molar-refractivity contribution is 6.08. The molecule has 0 spiro atoms. The number of ether oxygens (including phenoxy) is 3. The highest BCUT2D eigenvalue weighted by atomic mass is 16.5. The van der Waals surface area contributed by atoms with E-state index in [0.29, 0.717) is 42.5 Å². The smallest absolute Gasteiger partial charge is 0.255 e. The van der Waals surface area contributed by atoms with Gasteiger partial charge in [0.25, 0.3) is 5.91 Å². The molecule has 13 nitrogen and oxygen atoms in total. The number of hydrogen-bond donors (Lipinski definition) is 2. The Morgan fingerprint density at radius 3 is 2.46 bits per heavy atom. The Kier molecular flexibility index (Phi) is 9.62. The van der Waals surface area contributed by atoms with Crippen LogP contribution in [0.3, 0.4) is 0 Å². The van der Waals surface area contributed by atoms with E-state index in [1.165, 1.54) is 0 Å². The molecule has 1 unspecified atom stereocenters. The van der Waals surface area contributed by atoms with Gasteiger partial charge in [-0.15, -0.1) is 0 Å². The van der Waals surface area contributed by atoms with Crippen molar-refractivity contribution in [2.75, 3.05) is 24.6 Å². The number of piperidine rings is 2. The summed E-state index contributed by atoms with van der Waals surface area (Å²) in [5.41, 5.74) is 7.49. The second kappa shape index (κ2) is 15.5. The van der Waals surface area contributed by atoms with Crippen LogP contribution in [0.2, 0.25) is 0 Å². The lowest BCUT2D eigenvalue weighted by Crippen LogP contribution is -2.52. The highest BCUT2D eigenvalue weighted by Gasteiger charge is 2.39. The number of aromatic nitrogens is 4. The van der Waals surface area contributed by atoms with Crippen molar-refractivity contribution in [2.45, 2.75) is 69.4 Å². The molecule has 4 aliphatic rings. The largest absolute Gasteiger partial charge is 0.489 e. The van der Waals surface area contributed by atoms with E-state index in [-0.39, 0.29) is 36.5 Å². The van der Waals surface area contributed by atoms with E-state index >= 15 is 0 Å². The van der Waals surface area contributed by atoms with Gasteiger partial charge in [0, 0.05) is 102 Å². The maximum Gasteiger partial charge on any atom is 0.255 e. The Labute approximate surface area is 340 Å². The molecule has 1 saturated carbocycles. The Morgan fingerprint density at radius 2 is 1.64 bits per heavy atom. The van der Waals surface area contributed by atoms with Crippen molar-refractivity contribution >= 4 is 45.2 Å². The molecule has 6 aromatic rings. The monoisotopic (exact) mass is 787 g/mol. The third-order valence-electron chi connectivity index (χ3n) is 11.8. The highest BCUT2D eigenvalue weighted by Crippen LogP contribution is 2.34. The fourth-order valence-corrected chi connectivity index (χ4v) is 8.47. The summed E-state index contributed by atoms with van der Waals surface area (Å²) in [4.78, 5) is 57.7. The lowest BCUT2D eigenvalue weighted by Gasteiger charge is -2.34. The van der Waals surface area contributed by atoms with Gasteiger partial charge in [-0.05, 0) is 84.8 Å². The number of pyridine rings is 3. The van der Waals surface area contributed by atoms with Gasteiger partial charge in [-0.1, -0.05) is 18.1 Å². The lowest BCUT2D eigenvalue weighted by atomic mass is 9.92. The van der Waals surface area contributed by atoms with Crippen molar-refractivity contribution in [3.8, 4) is 34.6 Å². The summed E-state index contributed by atoms with van der Waals surface area (Å²) < 4.78 is 18.3. The maximum atomic E-state index is 13.1. The molecule has 2 N–H and O–H groups in total. The van der Waals surface area contributed by atoms with Crippen LogP contribution in [0.15, 0.2) is 91.5 Å². The van der Waals surface area contributed by atoms with Crippen LogP contribution >= 0.6 is 0 Å². The molecule has 7 heterocycles. The van der Waals surface area contributed by atoms with Gasteiger partial charge >= 0.3 is 0 Å². The zero-order valence-electron chi connectivity index (χ0n) is 32.2. The number of imide groups is 1. The van der Waals surface area contributed by atoms with E-state index in [0.717, 1.165) is 83.0 Å². The number of aromatic amines is 1. The summed E-state index contributed by atoms with van der Waals surface area (Å²) in [6, 6.07) is 21.3. The number of fused-ring (bicyclic) bond motifs is 4. The molecule has 2 aromatic carbocycles. The molecule has 13 heteroatoms. The maximum absolute atomic E-state index is 13.1. The number of nitrogens with zero attached hydrogens (tertiary/aromatic N) is 5. The van der Waals surface area contributed by atoms with Gasteiger partial charge < -0.3 is 29.0 Å². The Hall–Kier alpha value is -6.78. The van der Waals surface area contributed by atoms with Crippen LogP contribution in [-0.4, -0.2) is 86.6 Å². The number of H-pyrrole nitrogens is 1. The number of carbonyl (C=O) groups is 3. The molecule has 3 amide bonds.